The van der Waals surface area contributed by atoms with Gasteiger partial charge in [0.25, 0.3) is 0 Å². The van der Waals surface area contributed by atoms with Crippen molar-refractivity contribution in [1.29, 1.82) is 0 Å². The quantitative estimate of drug-likeness (QED) is 0.613. The largest absolute Gasteiger partial charge is 0.383 e. The second-order valence-electron chi connectivity index (χ2n) is 2.67. The van der Waals surface area contributed by atoms with Gasteiger partial charge in [0.05, 0.1) is 6.61 Å². The molecule has 1 N–H and O–H groups in total. The normalized spacial score (nSPS) is 27.6. The molecule has 0 aromatic carbocycles. The molecule has 0 radical (unpaired) electrons. The van der Waals surface area contributed by atoms with Crippen LogP contribution in [0, 0.1) is 0 Å². The Bertz CT molecular complexity index is 97.6. The Kier molecular flexibility index (Phi) is 3.12. The van der Waals surface area contributed by atoms with E-state index in [1.165, 1.54) is 12.8 Å². The summed E-state index contributed by atoms with van der Waals surface area (Å²) in [5.74, 6) is 0. The summed E-state index contributed by atoms with van der Waals surface area (Å²) in [4.78, 5) is 0. The molecule has 3 heteroatoms. The zero-order chi connectivity index (χ0) is 7.40. The Morgan fingerprint density at radius 3 is 3.10 bits per heavy atom. The maximum atomic E-state index is 5.08. The van der Waals surface area contributed by atoms with Crippen molar-refractivity contribution in [1.82, 2.24) is 10.4 Å². The van der Waals surface area contributed by atoms with Crippen LogP contribution in [0.1, 0.15) is 12.8 Å². The molecule has 0 saturated carbocycles. The van der Waals surface area contributed by atoms with E-state index in [0.29, 0.717) is 6.04 Å². The molecule has 10 heavy (non-hydrogen) atoms. The molecule has 0 bridgehead atoms. The number of methoxy groups -OCH3 is 1. The van der Waals surface area contributed by atoms with E-state index in [9.17, 15) is 0 Å². The summed E-state index contributed by atoms with van der Waals surface area (Å²) in [6.45, 7) is 2.01. The number of rotatable bonds is 3. The first-order chi connectivity index (χ1) is 4.88. The minimum atomic E-state index is 0.593. The van der Waals surface area contributed by atoms with Gasteiger partial charge < -0.3 is 4.74 Å². The second-order valence-corrected chi connectivity index (χ2v) is 2.67. The first-order valence-electron chi connectivity index (χ1n) is 3.81. The number of nitrogens with one attached hydrogen (secondary N) is 1. The number of ether oxygens (including phenoxy) is 1. The SMILES string of the molecule is CNN1CCC[C@H]1COC. The molecule has 1 atom stereocenters. The third kappa shape index (κ3) is 1.68. The summed E-state index contributed by atoms with van der Waals surface area (Å²) >= 11 is 0. The maximum absolute atomic E-state index is 5.08. The highest BCUT2D eigenvalue weighted by atomic mass is 16.5. The lowest BCUT2D eigenvalue weighted by Crippen LogP contribution is -2.41. The third-order valence-corrected chi connectivity index (χ3v) is 2.02. The van der Waals surface area contributed by atoms with Crippen LogP contribution >= 0.6 is 0 Å². The van der Waals surface area contributed by atoms with Crippen LogP contribution in [-0.4, -0.2) is 38.4 Å². The molecule has 3 nitrogen and oxygen atoms in total. The minimum absolute atomic E-state index is 0.593. The standard InChI is InChI=1S/C7H16N2O/c1-8-9-5-3-4-7(9)6-10-2/h7-8H,3-6H2,1-2H3/t7-/m0/s1. The Balaban J connectivity index is 2.27. The van der Waals surface area contributed by atoms with E-state index in [-0.39, 0.29) is 0 Å². The van der Waals surface area contributed by atoms with Crippen LogP contribution in [0.3, 0.4) is 0 Å². The molecule has 0 aromatic rings. The van der Waals surface area contributed by atoms with E-state index < -0.39 is 0 Å². The van der Waals surface area contributed by atoms with Crippen molar-refractivity contribution >= 4 is 0 Å². The van der Waals surface area contributed by atoms with Gasteiger partial charge in [0.2, 0.25) is 0 Å². The Labute approximate surface area is 62.3 Å². The zero-order valence-corrected chi connectivity index (χ0v) is 6.76. The van der Waals surface area contributed by atoms with Gasteiger partial charge in [-0.25, -0.2) is 5.01 Å². The predicted octanol–water partition coefficient (Wildman–Crippen LogP) is 0.232. The molecule has 1 heterocycles. The predicted molar refractivity (Wildman–Crippen MR) is 40.7 cm³/mol. The molecule has 0 amide bonds. The lowest BCUT2D eigenvalue weighted by atomic mass is 10.2. The third-order valence-electron chi connectivity index (χ3n) is 2.02. The summed E-state index contributed by atoms with van der Waals surface area (Å²) in [6.07, 6.45) is 2.55. The molecule has 1 saturated heterocycles. The van der Waals surface area contributed by atoms with Gasteiger partial charge in [-0.3, -0.25) is 5.43 Å². The highest BCUT2D eigenvalue weighted by Gasteiger charge is 2.22. The summed E-state index contributed by atoms with van der Waals surface area (Å²) in [7, 11) is 3.72. The monoisotopic (exact) mass is 144 g/mol. The van der Waals surface area contributed by atoms with Gasteiger partial charge in [-0.2, -0.15) is 0 Å². The minimum Gasteiger partial charge on any atom is -0.383 e. The van der Waals surface area contributed by atoms with E-state index in [0.717, 1.165) is 13.2 Å². The molecule has 0 aromatic heterocycles. The molecule has 1 rings (SSSR count). The zero-order valence-electron chi connectivity index (χ0n) is 6.76. The fraction of sp³-hybridized carbons (Fsp3) is 1.00. The van der Waals surface area contributed by atoms with Crippen molar-refractivity contribution in [3.05, 3.63) is 0 Å². The summed E-state index contributed by atoms with van der Waals surface area (Å²) in [5, 5.41) is 2.24. The number of hydrogen-bond acceptors (Lipinski definition) is 3. The first-order valence-corrected chi connectivity index (χ1v) is 3.81. The number of hydrogen-bond donors (Lipinski definition) is 1. The van der Waals surface area contributed by atoms with Crippen LogP contribution in [0.15, 0.2) is 0 Å². The van der Waals surface area contributed by atoms with Crippen molar-refractivity contribution in [3.63, 3.8) is 0 Å². The van der Waals surface area contributed by atoms with Gasteiger partial charge in [0.1, 0.15) is 0 Å². The first kappa shape index (κ1) is 7.98. The lowest BCUT2D eigenvalue weighted by molar-refractivity contribution is 0.0910. The van der Waals surface area contributed by atoms with Gasteiger partial charge in [-0.15, -0.1) is 0 Å². The van der Waals surface area contributed by atoms with Gasteiger partial charge in [0.15, 0.2) is 0 Å². The molecule has 0 aliphatic carbocycles. The van der Waals surface area contributed by atoms with E-state index in [1.54, 1.807) is 7.11 Å². The van der Waals surface area contributed by atoms with E-state index in [4.69, 9.17) is 4.74 Å². The summed E-state index contributed by atoms with van der Waals surface area (Å²) in [5.41, 5.74) is 3.15. The van der Waals surface area contributed by atoms with Crippen LogP contribution < -0.4 is 5.43 Å². The topological polar surface area (TPSA) is 24.5 Å². The van der Waals surface area contributed by atoms with Gasteiger partial charge in [-0.1, -0.05) is 0 Å². The van der Waals surface area contributed by atoms with Gasteiger partial charge in [-0.05, 0) is 19.9 Å². The van der Waals surface area contributed by atoms with Crippen LogP contribution in [0.25, 0.3) is 0 Å². The van der Waals surface area contributed by atoms with Gasteiger partial charge in [0, 0.05) is 19.7 Å². The number of nitrogens with zero attached hydrogens (tertiary/aromatic N) is 1. The Morgan fingerprint density at radius 2 is 2.50 bits per heavy atom. The molecule has 60 valence electrons. The van der Waals surface area contributed by atoms with E-state index >= 15 is 0 Å². The average molecular weight is 144 g/mol. The second kappa shape index (κ2) is 3.91. The fourth-order valence-electron chi connectivity index (χ4n) is 1.50. The molecular formula is C7H16N2O. The molecular weight excluding hydrogens is 128 g/mol. The highest BCUT2D eigenvalue weighted by molar-refractivity contribution is 4.74. The summed E-state index contributed by atoms with van der Waals surface area (Å²) in [6, 6.07) is 0.593. The molecule has 1 aliphatic heterocycles. The highest BCUT2D eigenvalue weighted by Crippen LogP contribution is 2.13. The smallest absolute Gasteiger partial charge is 0.0632 e. The van der Waals surface area contributed by atoms with Crippen molar-refractivity contribution in [2.75, 3.05) is 27.3 Å². The van der Waals surface area contributed by atoms with Crippen molar-refractivity contribution in [3.8, 4) is 0 Å². The van der Waals surface area contributed by atoms with Crippen LogP contribution in [0.4, 0.5) is 0 Å². The molecule has 0 unspecified atom stereocenters. The average Bonchev–Trinajstić information content (AvgIpc) is 2.36. The Morgan fingerprint density at radius 1 is 1.70 bits per heavy atom. The molecule has 1 fully saturated rings. The van der Waals surface area contributed by atoms with Gasteiger partial charge >= 0.3 is 0 Å². The van der Waals surface area contributed by atoms with Crippen molar-refractivity contribution in [2.45, 2.75) is 18.9 Å². The van der Waals surface area contributed by atoms with Crippen molar-refractivity contribution in [2.24, 2.45) is 0 Å². The summed E-state index contributed by atoms with van der Waals surface area (Å²) < 4.78 is 5.08. The molecule has 1 aliphatic rings. The van der Waals surface area contributed by atoms with Crippen LogP contribution in [-0.2, 0) is 4.74 Å². The van der Waals surface area contributed by atoms with Crippen LogP contribution in [0.2, 0.25) is 0 Å². The maximum Gasteiger partial charge on any atom is 0.0632 e. The molecule has 0 spiro atoms. The van der Waals surface area contributed by atoms with E-state index in [2.05, 4.69) is 10.4 Å². The Hall–Kier alpha value is -0.120. The number of hydrazine groups is 1. The van der Waals surface area contributed by atoms with E-state index in [1.807, 2.05) is 7.05 Å². The van der Waals surface area contributed by atoms with Crippen molar-refractivity contribution < 1.29 is 4.74 Å². The van der Waals surface area contributed by atoms with Crippen LogP contribution in [0.5, 0.6) is 0 Å². The lowest BCUT2D eigenvalue weighted by Gasteiger charge is -2.21. The fourth-order valence-corrected chi connectivity index (χ4v) is 1.50.